The van der Waals surface area contributed by atoms with Gasteiger partial charge < -0.3 is 9.47 Å². The quantitative estimate of drug-likeness (QED) is 0.638. The van der Waals surface area contributed by atoms with E-state index in [1.54, 1.807) is 0 Å². The third kappa shape index (κ3) is 5.53. The van der Waals surface area contributed by atoms with Gasteiger partial charge in [-0.25, -0.2) is 0 Å². The molecule has 0 saturated heterocycles. The Balaban J connectivity index is 0. The van der Waals surface area contributed by atoms with Gasteiger partial charge in [0.1, 0.15) is 5.60 Å². The Bertz CT molecular complexity index is 406. The third-order valence-electron chi connectivity index (χ3n) is 5.76. The van der Waals surface area contributed by atoms with Crippen LogP contribution in [0, 0.1) is 29.1 Å². The second kappa shape index (κ2) is 9.12. The van der Waals surface area contributed by atoms with E-state index in [0.29, 0.717) is 11.8 Å². The minimum atomic E-state index is -0.750. The average Bonchev–Trinajstić information content (AvgIpc) is 2.41. The molecule has 0 saturated carbocycles. The summed E-state index contributed by atoms with van der Waals surface area (Å²) < 4.78 is 10.6. The second-order valence-electron chi connectivity index (χ2n) is 7.58. The smallest absolute Gasteiger partial charge is 0.312 e. The van der Waals surface area contributed by atoms with Crippen molar-refractivity contribution < 1.29 is 37.6 Å². The molecule has 0 aromatic rings. The van der Waals surface area contributed by atoms with Crippen LogP contribution in [-0.2, 0) is 37.6 Å². The molecule has 5 heteroatoms. The van der Waals surface area contributed by atoms with E-state index < -0.39 is 11.0 Å². The van der Waals surface area contributed by atoms with Crippen LogP contribution in [0.2, 0.25) is 0 Å². The molecule has 0 aliphatic heterocycles. The van der Waals surface area contributed by atoms with Gasteiger partial charge in [-0.05, 0) is 38.5 Å². The van der Waals surface area contributed by atoms with E-state index >= 15 is 0 Å². The van der Waals surface area contributed by atoms with Gasteiger partial charge >= 0.3 is 11.9 Å². The molecule has 4 nitrogen and oxygen atoms in total. The average molecular weight is 365 g/mol. The molecular weight excluding hydrogens is 331 g/mol. The first-order valence-corrected chi connectivity index (χ1v) is 8.10. The van der Waals surface area contributed by atoms with E-state index in [0.717, 1.165) is 0 Å². The fraction of sp³-hybridized carbons (Fsp3) is 0.889. The molecule has 4 atom stereocenters. The van der Waals surface area contributed by atoms with Crippen LogP contribution < -0.4 is 0 Å². The van der Waals surface area contributed by atoms with Gasteiger partial charge in [0.25, 0.3) is 0 Å². The summed E-state index contributed by atoms with van der Waals surface area (Å²) in [6.07, 6.45) is 0. The van der Waals surface area contributed by atoms with Gasteiger partial charge in [0.15, 0.2) is 0 Å². The van der Waals surface area contributed by atoms with Gasteiger partial charge in [-0.3, -0.25) is 9.59 Å². The molecule has 0 rings (SSSR count). The number of methoxy groups -OCH3 is 1. The molecule has 135 valence electrons. The van der Waals surface area contributed by atoms with Gasteiger partial charge in [0.05, 0.1) is 12.5 Å². The summed E-state index contributed by atoms with van der Waals surface area (Å²) in [5, 5.41) is 0. The zero-order valence-electron chi connectivity index (χ0n) is 16.4. The molecule has 0 N–H and O–H groups in total. The molecule has 0 amide bonds. The van der Waals surface area contributed by atoms with E-state index in [9.17, 15) is 9.59 Å². The Morgan fingerprint density at radius 1 is 0.957 bits per heavy atom. The predicted molar refractivity (Wildman–Crippen MR) is 88.3 cm³/mol. The number of rotatable bonds is 7. The summed E-state index contributed by atoms with van der Waals surface area (Å²) in [6, 6.07) is 0. The summed E-state index contributed by atoms with van der Waals surface area (Å²) in [5.41, 5.74) is -1.49. The van der Waals surface area contributed by atoms with Crippen LogP contribution >= 0.6 is 0 Å². The first-order valence-electron chi connectivity index (χ1n) is 8.10. The maximum Gasteiger partial charge on any atom is 0.312 e. The Morgan fingerprint density at radius 3 is 1.70 bits per heavy atom. The number of hydrogen-bond acceptors (Lipinski definition) is 4. The Morgan fingerprint density at radius 2 is 1.39 bits per heavy atom. The SMILES string of the molecule is COC(=O)C(C)(C(C)C(C)C(C)C)C(C)C(C)(C)OC(C)=O.[V]. The topological polar surface area (TPSA) is 52.6 Å². The fourth-order valence-electron chi connectivity index (χ4n) is 3.28. The van der Waals surface area contributed by atoms with Gasteiger partial charge in [-0.1, -0.05) is 34.6 Å². The number of esters is 2. The van der Waals surface area contributed by atoms with Crippen molar-refractivity contribution in [2.45, 2.75) is 67.9 Å². The van der Waals surface area contributed by atoms with Gasteiger partial charge in [-0.2, -0.15) is 0 Å². The van der Waals surface area contributed by atoms with Gasteiger partial charge in [0.2, 0.25) is 0 Å². The molecule has 0 aromatic carbocycles. The standard InChI is InChI=1S/C18H34O4.V/c1-11(2)12(3)13(4)18(9,16(20)21-10)14(5)17(7,8)22-15(6)19;/h11-14H,1-10H3;. The van der Waals surface area contributed by atoms with Crippen molar-refractivity contribution in [3.05, 3.63) is 0 Å². The van der Waals surface area contributed by atoms with E-state index in [4.69, 9.17) is 9.47 Å². The summed E-state index contributed by atoms with van der Waals surface area (Å²) in [6.45, 7) is 17.5. The predicted octanol–water partition coefficient (Wildman–Crippen LogP) is 4.07. The van der Waals surface area contributed by atoms with Crippen LogP contribution in [0.3, 0.4) is 0 Å². The summed E-state index contributed by atoms with van der Waals surface area (Å²) in [5.74, 6) is 0.0916. The molecular formula is C18H34O4V. The number of hydrogen-bond donors (Lipinski definition) is 0. The Hall–Kier alpha value is -0.476. The molecule has 0 fully saturated rings. The van der Waals surface area contributed by atoms with Crippen LogP contribution in [0.5, 0.6) is 0 Å². The third-order valence-corrected chi connectivity index (χ3v) is 5.76. The van der Waals surface area contributed by atoms with Gasteiger partial charge in [0, 0.05) is 31.4 Å². The van der Waals surface area contributed by atoms with Crippen molar-refractivity contribution in [2.24, 2.45) is 29.1 Å². The van der Waals surface area contributed by atoms with E-state index in [2.05, 4.69) is 27.7 Å². The van der Waals surface area contributed by atoms with Crippen molar-refractivity contribution in [1.82, 2.24) is 0 Å². The molecule has 1 radical (unpaired) electrons. The van der Waals surface area contributed by atoms with Crippen molar-refractivity contribution in [2.75, 3.05) is 7.11 Å². The van der Waals surface area contributed by atoms with E-state index in [1.165, 1.54) is 14.0 Å². The fourth-order valence-corrected chi connectivity index (χ4v) is 3.28. The monoisotopic (exact) mass is 365 g/mol. The van der Waals surface area contributed by atoms with E-state index in [1.807, 2.05) is 27.7 Å². The summed E-state index contributed by atoms with van der Waals surface area (Å²) in [4.78, 5) is 24.0. The summed E-state index contributed by atoms with van der Waals surface area (Å²) in [7, 11) is 1.42. The molecule has 0 aromatic heterocycles. The zero-order valence-corrected chi connectivity index (χ0v) is 17.8. The van der Waals surface area contributed by atoms with Crippen LogP contribution in [0.15, 0.2) is 0 Å². The maximum atomic E-state index is 12.6. The molecule has 0 aliphatic carbocycles. The number of carbonyl (C=O) groups excluding carboxylic acids is 2. The van der Waals surface area contributed by atoms with Crippen LogP contribution in [0.1, 0.15) is 62.3 Å². The number of ether oxygens (including phenoxy) is 2. The zero-order chi connectivity index (χ0) is 17.9. The normalized spacial score (nSPS) is 18.2. The molecule has 0 aliphatic rings. The van der Waals surface area contributed by atoms with Gasteiger partial charge in [-0.15, -0.1) is 0 Å². The number of carbonyl (C=O) groups is 2. The van der Waals surface area contributed by atoms with Crippen molar-refractivity contribution in [3.8, 4) is 0 Å². The Kier molecular flexibility index (Phi) is 9.83. The second-order valence-corrected chi connectivity index (χ2v) is 7.58. The van der Waals surface area contributed by atoms with Crippen molar-refractivity contribution in [3.63, 3.8) is 0 Å². The van der Waals surface area contributed by atoms with Crippen LogP contribution in [-0.4, -0.2) is 24.6 Å². The minimum absolute atomic E-state index is 0. The molecule has 0 heterocycles. The first kappa shape index (κ1) is 24.8. The molecule has 23 heavy (non-hydrogen) atoms. The first-order chi connectivity index (χ1) is 9.82. The summed E-state index contributed by atoms with van der Waals surface area (Å²) >= 11 is 0. The molecule has 0 spiro atoms. The van der Waals surface area contributed by atoms with Crippen molar-refractivity contribution in [1.29, 1.82) is 0 Å². The van der Waals surface area contributed by atoms with Crippen molar-refractivity contribution >= 4 is 11.9 Å². The van der Waals surface area contributed by atoms with Crippen LogP contribution in [0.4, 0.5) is 0 Å². The maximum absolute atomic E-state index is 12.6. The molecule has 0 bridgehead atoms. The van der Waals surface area contributed by atoms with Crippen LogP contribution in [0.25, 0.3) is 0 Å². The Labute approximate surface area is 154 Å². The largest absolute Gasteiger partial charge is 0.469 e. The minimum Gasteiger partial charge on any atom is -0.469 e. The molecule has 4 unspecified atom stereocenters. The van der Waals surface area contributed by atoms with E-state index in [-0.39, 0.29) is 42.3 Å².